The molecule has 4 heteroatoms. The maximum atomic E-state index is 11.5. The molecule has 0 atom stereocenters. The van der Waals surface area contributed by atoms with E-state index < -0.39 is 0 Å². The van der Waals surface area contributed by atoms with Crippen molar-refractivity contribution in [1.29, 1.82) is 0 Å². The fraction of sp³-hybridized carbons (Fsp3) is 0.154. The lowest BCUT2D eigenvalue weighted by molar-refractivity contribution is 0.0606. The summed E-state index contributed by atoms with van der Waals surface area (Å²) in [4.78, 5) is 13.2. The first kappa shape index (κ1) is 12.3. The van der Waals surface area contributed by atoms with Crippen molar-refractivity contribution >= 4 is 33.2 Å². The summed E-state index contributed by atoms with van der Waals surface area (Å²) in [5, 5.41) is 0. The summed E-state index contributed by atoms with van der Waals surface area (Å²) < 4.78 is 5.76. The van der Waals surface area contributed by atoms with Crippen LogP contribution in [-0.4, -0.2) is 13.1 Å². The van der Waals surface area contributed by atoms with E-state index in [4.69, 9.17) is 4.74 Å². The Bertz CT molecular complexity index is 560. The van der Waals surface area contributed by atoms with Crippen molar-refractivity contribution in [3.63, 3.8) is 0 Å². The third-order valence-electron chi connectivity index (χ3n) is 2.39. The molecule has 2 rings (SSSR count). The van der Waals surface area contributed by atoms with Crippen LogP contribution in [0.15, 0.2) is 34.8 Å². The minimum Gasteiger partial charge on any atom is -0.465 e. The molecule has 2 aromatic rings. The number of carbonyl (C=O) groups is 1. The highest BCUT2D eigenvalue weighted by Gasteiger charge is 2.13. The van der Waals surface area contributed by atoms with Crippen LogP contribution >= 0.6 is 27.3 Å². The number of aryl methyl sites for hydroxylation is 1. The molecule has 1 heterocycles. The van der Waals surface area contributed by atoms with Crippen molar-refractivity contribution in [3.05, 3.63) is 45.2 Å². The maximum absolute atomic E-state index is 11.5. The van der Waals surface area contributed by atoms with Gasteiger partial charge in [0.15, 0.2) is 0 Å². The van der Waals surface area contributed by atoms with Crippen molar-refractivity contribution in [1.82, 2.24) is 0 Å². The molecule has 0 fully saturated rings. The number of methoxy groups -OCH3 is 1. The zero-order valence-corrected chi connectivity index (χ0v) is 11.9. The summed E-state index contributed by atoms with van der Waals surface area (Å²) in [6.07, 6.45) is 0. The highest BCUT2D eigenvalue weighted by atomic mass is 79.9. The third-order valence-corrected chi connectivity index (χ3v) is 4.15. The van der Waals surface area contributed by atoms with Crippen molar-refractivity contribution in [3.8, 4) is 10.4 Å². The molecule has 88 valence electrons. The predicted molar refractivity (Wildman–Crippen MR) is 73.5 cm³/mol. The van der Waals surface area contributed by atoms with Crippen molar-refractivity contribution in [2.24, 2.45) is 0 Å². The first-order valence-electron chi connectivity index (χ1n) is 5.06. The van der Waals surface area contributed by atoms with Gasteiger partial charge in [-0.25, -0.2) is 4.79 Å². The average molecular weight is 311 g/mol. The molecule has 0 saturated heterocycles. The molecule has 17 heavy (non-hydrogen) atoms. The third kappa shape index (κ3) is 2.58. The standard InChI is InChI=1S/C13H11BrO2S/c1-8-6-11(13(15)16-2)17-12(8)9-4-3-5-10(14)7-9/h3-7H,1-2H3. The molecular formula is C13H11BrO2S. The Kier molecular flexibility index (Phi) is 3.64. The second-order valence-corrected chi connectivity index (χ2v) is 5.59. The smallest absolute Gasteiger partial charge is 0.348 e. The molecule has 0 aliphatic carbocycles. The van der Waals surface area contributed by atoms with Crippen LogP contribution in [0.1, 0.15) is 15.2 Å². The molecule has 0 amide bonds. The largest absolute Gasteiger partial charge is 0.465 e. The van der Waals surface area contributed by atoms with Gasteiger partial charge in [0.05, 0.1) is 7.11 Å². The Hall–Kier alpha value is -1.13. The van der Waals surface area contributed by atoms with Gasteiger partial charge in [-0.15, -0.1) is 11.3 Å². The molecule has 0 saturated carbocycles. The predicted octanol–water partition coefficient (Wildman–Crippen LogP) is 4.27. The molecule has 0 N–H and O–H groups in total. The van der Waals surface area contributed by atoms with E-state index in [-0.39, 0.29) is 5.97 Å². The molecule has 0 bridgehead atoms. The van der Waals surface area contributed by atoms with Crippen LogP contribution in [0.5, 0.6) is 0 Å². The van der Waals surface area contributed by atoms with E-state index in [0.717, 1.165) is 20.5 Å². The number of thiophene rings is 1. The van der Waals surface area contributed by atoms with Gasteiger partial charge >= 0.3 is 5.97 Å². The Labute approximate surface area is 112 Å². The number of ether oxygens (including phenoxy) is 1. The Morgan fingerprint density at radius 1 is 1.35 bits per heavy atom. The van der Waals surface area contributed by atoms with E-state index in [1.807, 2.05) is 37.3 Å². The van der Waals surface area contributed by atoms with E-state index in [1.54, 1.807) is 0 Å². The summed E-state index contributed by atoms with van der Waals surface area (Å²) in [6.45, 7) is 2.00. The molecule has 2 nitrogen and oxygen atoms in total. The summed E-state index contributed by atoms with van der Waals surface area (Å²) in [5.74, 6) is -0.278. The van der Waals surface area contributed by atoms with Crippen LogP contribution in [0.2, 0.25) is 0 Å². The molecule has 0 aliphatic heterocycles. The van der Waals surface area contributed by atoms with E-state index in [9.17, 15) is 4.79 Å². The van der Waals surface area contributed by atoms with Gasteiger partial charge in [-0.3, -0.25) is 0 Å². The molecule has 0 aliphatic rings. The number of esters is 1. The van der Waals surface area contributed by atoms with Gasteiger partial charge in [0, 0.05) is 9.35 Å². The van der Waals surface area contributed by atoms with Gasteiger partial charge in [0.25, 0.3) is 0 Å². The summed E-state index contributed by atoms with van der Waals surface area (Å²) in [5.41, 5.74) is 2.20. The van der Waals surface area contributed by atoms with Crippen LogP contribution in [-0.2, 0) is 4.74 Å². The van der Waals surface area contributed by atoms with Crippen LogP contribution in [0.25, 0.3) is 10.4 Å². The highest BCUT2D eigenvalue weighted by Crippen LogP contribution is 2.33. The summed E-state index contributed by atoms with van der Waals surface area (Å²) in [7, 11) is 1.40. The summed E-state index contributed by atoms with van der Waals surface area (Å²) in [6, 6.07) is 9.90. The fourth-order valence-electron chi connectivity index (χ4n) is 1.60. The number of hydrogen-bond donors (Lipinski definition) is 0. The first-order chi connectivity index (χ1) is 8.11. The van der Waals surface area contributed by atoms with E-state index >= 15 is 0 Å². The van der Waals surface area contributed by atoms with Crippen LogP contribution in [0.4, 0.5) is 0 Å². The van der Waals surface area contributed by atoms with Crippen LogP contribution in [0, 0.1) is 6.92 Å². The maximum Gasteiger partial charge on any atom is 0.348 e. The monoisotopic (exact) mass is 310 g/mol. The van der Waals surface area contributed by atoms with E-state index in [2.05, 4.69) is 15.9 Å². The lowest BCUT2D eigenvalue weighted by Gasteiger charge is -2.00. The highest BCUT2D eigenvalue weighted by molar-refractivity contribution is 9.10. The first-order valence-corrected chi connectivity index (χ1v) is 6.67. The van der Waals surface area contributed by atoms with Gasteiger partial charge in [0.2, 0.25) is 0 Å². The zero-order chi connectivity index (χ0) is 12.4. The number of hydrogen-bond acceptors (Lipinski definition) is 3. The van der Waals surface area contributed by atoms with Crippen molar-refractivity contribution < 1.29 is 9.53 Å². The Morgan fingerprint density at radius 2 is 2.12 bits per heavy atom. The van der Waals surface area contributed by atoms with Gasteiger partial charge in [-0.05, 0) is 36.2 Å². The average Bonchev–Trinajstić information content (AvgIpc) is 2.70. The van der Waals surface area contributed by atoms with Crippen LogP contribution in [0.3, 0.4) is 0 Å². The number of carbonyl (C=O) groups excluding carboxylic acids is 1. The Balaban J connectivity index is 2.46. The number of rotatable bonds is 2. The molecule has 1 aromatic carbocycles. The molecule has 0 spiro atoms. The van der Waals surface area contributed by atoms with Crippen molar-refractivity contribution in [2.75, 3.05) is 7.11 Å². The van der Waals surface area contributed by atoms with Gasteiger partial charge < -0.3 is 4.74 Å². The zero-order valence-electron chi connectivity index (χ0n) is 9.49. The second-order valence-electron chi connectivity index (χ2n) is 3.62. The molecule has 1 aromatic heterocycles. The van der Waals surface area contributed by atoms with E-state index in [1.165, 1.54) is 18.4 Å². The number of benzene rings is 1. The minimum atomic E-state index is -0.278. The Morgan fingerprint density at radius 3 is 2.76 bits per heavy atom. The van der Waals surface area contributed by atoms with Gasteiger partial charge in [0.1, 0.15) is 4.88 Å². The lowest BCUT2D eigenvalue weighted by atomic mass is 10.1. The minimum absolute atomic E-state index is 0.278. The van der Waals surface area contributed by atoms with Crippen molar-refractivity contribution in [2.45, 2.75) is 6.92 Å². The second kappa shape index (κ2) is 5.02. The fourth-order valence-corrected chi connectivity index (χ4v) is 3.09. The van der Waals surface area contributed by atoms with Gasteiger partial charge in [-0.2, -0.15) is 0 Å². The lowest BCUT2D eigenvalue weighted by Crippen LogP contribution is -1.96. The molecular weight excluding hydrogens is 300 g/mol. The van der Waals surface area contributed by atoms with Crippen LogP contribution < -0.4 is 0 Å². The van der Waals surface area contributed by atoms with Gasteiger partial charge in [-0.1, -0.05) is 28.1 Å². The summed E-state index contributed by atoms with van der Waals surface area (Å²) >= 11 is 4.91. The SMILES string of the molecule is COC(=O)c1cc(C)c(-c2cccc(Br)c2)s1. The normalized spacial score (nSPS) is 10.3. The topological polar surface area (TPSA) is 26.3 Å². The number of halogens is 1. The quantitative estimate of drug-likeness (QED) is 0.774. The molecule has 0 radical (unpaired) electrons. The van der Waals surface area contributed by atoms with E-state index in [0.29, 0.717) is 4.88 Å². The molecule has 0 unspecified atom stereocenters.